The molecule has 0 bridgehead atoms. The van der Waals surface area contributed by atoms with E-state index in [9.17, 15) is 13.2 Å². The first-order valence-corrected chi connectivity index (χ1v) is 9.47. The second kappa shape index (κ2) is 8.92. The van der Waals surface area contributed by atoms with Crippen molar-refractivity contribution in [2.24, 2.45) is 0 Å². The minimum atomic E-state index is -1.14. The van der Waals surface area contributed by atoms with Crippen LogP contribution in [-0.4, -0.2) is 0 Å². The predicted molar refractivity (Wildman–Crippen MR) is 111 cm³/mol. The Hall–Kier alpha value is -2.81. The number of halogens is 3. The van der Waals surface area contributed by atoms with Crippen molar-refractivity contribution < 1.29 is 13.2 Å². The van der Waals surface area contributed by atoms with Gasteiger partial charge < -0.3 is 0 Å². The molecule has 0 aliphatic carbocycles. The van der Waals surface area contributed by atoms with E-state index in [2.05, 4.69) is 12.7 Å². The fraction of sp³-hybridized carbons (Fsp3) is 0.200. The van der Waals surface area contributed by atoms with Gasteiger partial charge in [0.25, 0.3) is 0 Å². The lowest BCUT2D eigenvalue weighted by molar-refractivity contribution is 0.513. The third kappa shape index (κ3) is 4.04. The molecule has 0 fully saturated rings. The molecule has 3 heteroatoms. The van der Waals surface area contributed by atoms with E-state index in [0.29, 0.717) is 29.4 Å². The fourth-order valence-electron chi connectivity index (χ4n) is 3.35. The Morgan fingerprint density at radius 2 is 1.61 bits per heavy atom. The Balaban J connectivity index is 2.01. The van der Waals surface area contributed by atoms with Crippen LogP contribution in [0.25, 0.3) is 21.9 Å². The Morgan fingerprint density at radius 3 is 2.29 bits per heavy atom. The quantitative estimate of drug-likeness (QED) is 0.371. The lowest BCUT2D eigenvalue weighted by atomic mass is 9.96. The molecular formula is C25H23F3. The third-order valence-electron chi connectivity index (χ3n) is 4.92. The van der Waals surface area contributed by atoms with Gasteiger partial charge in [-0.05, 0) is 60.7 Å². The van der Waals surface area contributed by atoms with E-state index >= 15 is 0 Å². The molecule has 0 heterocycles. The maximum Gasteiger partial charge on any atom is 0.170 e. The molecule has 0 spiro atoms. The monoisotopic (exact) mass is 380 g/mol. The first-order valence-electron chi connectivity index (χ1n) is 9.47. The average molecular weight is 380 g/mol. The van der Waals surface area contributed by atoms with Gasteiger partial charge in [-0.2, -0.15) is 0 Å². The van der Waals surface area contributed by atoms with E-state index in [-0.39, 0.29) is 10.9 Å². The molecule has 0 radical (unpaired) electrons. The van der Waals surface area contributed by atoms with E-state index in [1.165, 1.54) is 6.07 Å². The molecule has 0 aromatic heterocycles. The van der Waals surface area contributed by atoms with Gasteiger partial charge in [0.15, 0.2) is 11.6 Å². The summed E-state index contributed by atoms with van der Waals surface area (Å²) in [4.78, 5) is 0. The second-order valence-electron chi connectivity index (χ2n) is 6.82. The van der Waals surface area contributed by atoms with Crippen LogP contribution in [0.15, 0.2) is 67.3 Å². The lowest BCUT2D eigenvalue weighted by Gasteiger charge is -2.11. The average Bonchev–Trinajstić information content (AvgIpc) is 2.71. The van der Waals surface area contributed by atoms with Crippen LogP contribution in [0.2, 0.25) is 0 Å². The SMILES string of the molecule is C=CCCc1ccc2cc(-c3ccc(CC/C=C/C)cc3)c(F)c(F)c2c1F. The van der Waals surface area contributed by atoms with Gasteiger partial charge in [0.1, 0.15) is 5.82 Å². The number of hydrogen-bond acceptors (Lipinski definition) is 0. The molecule has 3 aromatic rings. The number of aryl methyl sites for hydroxylation is 2. The van der Waals surface area contributed by atoms with Crippen molar-refractivity contribution in [2.75, 3.05) is 0 Å². The van der Waals surface area contributed by atoms with Crippen LogP contribution < -0.4 is 0 Å². The van der Waals surface area contributed by atoms with E-state index in [4.69, 9.17) is 0 Å². The highest BCUT2D eigenvalue weighted by Gasteiger charge is 2.19. The van der Waals surface area contributed by atoms with Crippen molar-refractivity contribution in [1.82, 2.24) is 0 Å². The molecule has 0 amide bonds. The van der Waals surface area contributed by atoms with Crippen LogP contribution >= 0.6 is 0 Å². The molecule has 144 valence electrons. The molecule has 0 nitrogen and oxygen atoms in total. The topological polar surface area (TPSA) is 0 Å². The van der Waals surface area contributed by atoms with E-state index < -0.39 is 17.5 Å². The minimum absolute atomic E-state index is 0.142. The molecular weight excluding hydrogens is 357 g/mol. The van der Waals surface area contributed by atoms with Crippen molar-refractivity contribution >= 4 is 10.8 Å². The van der Waals surface area contributed by atoms with E-state index in [0.717, 1.165) is 18.4 Å². The number of rotatable bonds is 7. The van der Waals surface area contributed by atoms with Gasteiger partial charge in [0.2, 0.25) is 0 Å². The van der Waals surface area contributed by atoms with Gasteiger partial charge in [-0.3, -0.25) is 0 Å². The normalized spacial score (nSPS) is 11.4. The van der Waals surface area contributed by atoms with E-state index in [1.54, 1.807) is 30.3 Å². The van der Waals surface area contributed by atoms with Crippen molar-refractivity contribution in [2.45, 2.75) is 32.6 Å². The Kier molecular flexibility index (Phi) is 6.35. The minimum Gasteiger partial charge on any atom is -0.206 e. The van der Waals surface area contributed by atoms with Crippen molar-refractivity contribution in [3.8, 4) is 11.1 Å². The van der Waals surface area contributed by atoms with Gasteiger partial charge in [-0.1, -0.05) is 54.6 Å². The highest BCUT2D eigenvalue weighted by molar-refractivity contribution is 5.89. The summed E-state index contributed by atoms with van der Waals surface area (Å²) >= 11 is 0. The van der Waals surface area contributed by atoms with Crippen LogP contribution in [0.1, 0.15) is 30.9 Å². The van der Waals surface area contributed by atoms with Crippen LogP contribution in [0, 0.1) is 17.5 Å². The smallest absolute Gasteiger partial charge is 0.170 e. The summed E-state index contributed by atoms with van der Waals surface area (Å²) in [5.41, 5.74) is 2.21. The summed E-state index contributed by atoms with van der Waals surface area (Å²) in [5, 5.41) is 0.0664. The van der Waals surface area contributed by atoms with Gasteiger partial charge in [0.05, 0.1) is 5.39 Å². The zero-order chi connectivity index (χ0) is 20.1. The van der Waals surface area contributed by atoms with Crippen LogP contribution in [0.3, 0.4) is 0 Å². The summed E-state index contributed by atoms with van der Waals surface area (Å²) in [5.74, 6) is -2.85. The highest BCUT2D eigenvalue weighted by Crippen LogP contribution is 2.33. The molecule has 0 saturated heterocycles. The fourth-order valence-corrected chi connectivity index (χ4v) is 3.35. The molecule has 0 atom stereocenters. The lowest BCUT2D eigenvalue weighted by Crippen LogP contribution is -1.98. The summed E-state index contributed by atoms with van der Waals surface area (Å²) in [6.07, 6.45) is 8.56. The maximum absolute atomic E-state index is 14.8. The van der Waals surface area contributed by atoms with Gasteiger partial charge in [0, 0.05) is 5.56 Å². The molecule has 0 aliphatic heterocycles. The predicted octanol–water partition coefficient (Wildman–Crippen LogP) is 7.55. The van der Waals surface area contributed by atoms with Crippen molar-refractivity contribution in [1.29, 1.82) is 0 Å². The zero-order valence-electron chi connectivity index (χ0n) is 15.9. The maximum atomic E-state index is 14.8. The van der Waals surface area contributed by atoms with Gasteiger partial charge in [-0.25, -0.2) is 13.2 Å². The van der Waals surface area contributed by atoms with Crippen LogP contribution in [0.5, 0.6) is 0 Å². The highest BCUT2D eigenvalue weighted by atomic mass is 19.2. The summed E-state index contributed by atoms with van der Waals surface area (Å²) < 4.78 is 44.2. The Morgan fingerprint density at radius 1 is 0.857 bits per heavy atom. The molecule has 0 unspecified atom stereocenters. The molecule has 3 rings (SSSR count). The standard InChI is InChI=1S/C25H23F3/c1-3-5-7-8-17-10-12-18(13-11-17)21-16-20-15-14-19(9-6-4-2)23(26)22(20)25(28)24(21)27/h3-5,10-16H,2,6-9H2,1H3/b5-3+. The summed E-state index contributed by atoms with van der Waals surface area (Å²) in [6.45, 7) is 5.59. The molecule has 0 aliphatic rings. The number of hydrogen-bond donors (Lipinski definition) is 0. The van der Waals surface area contributed by atoms with Gasteiger partial charge in [-0.15, -0.1) is 6.58 Å². The first-order chi connectivity index (χ1) is 13.6. The molecule has 3 aromatic carbocycles. The Bertz CT molecular complexity index is 1010. The third-order valence-corrected chi connectivity index (χ3v) is 4.92. The molecule has 0 saturated carbocycles. The zero-order valence-corrected chi connectivity index (χ0v) is 15.9. The van der Waals surface area contributed by atoms with Crippen molar-refractivity contribution in [3.63, 3.8) is 0 Å². The van der Waals surface area contributed by atoms with Gasteiger partial charge >= 0.3 is 0 Å². The molecule has 0 N–H and O–H groups in total. The summed E-state index contributed by atoms with van der Waals surface area (Å²) in [6, 6.07) is 12.2. The Labute approximate surface area is 164 Å². The summed E-state index contributed by atoms with van der Waals surface area (Å²) in [7, 11) is 0. The first kappa shape index (κ1) is 19.9. The number of benzene rings is 3. The van der Waals surface area contributed by atoms with Crippen molar-refractivity contribution in [3.05, 3.63) is 95.9 Å². The van der Waals surface area contributed by atoms with Crippen LogP contribution in [-0.2, 0) is 12.8 Å². The molecule has 28 heavy (non-hydrogen) atoms. The second-order valence-corrected chi connectivity index (χ2v) is 6.82. The van der Waals surface area contributed by atoms with E-state index in [1.807, 2.05) is 25.1 Å². The number of allylic oxidation sites excluding steroid dienone is 3. The van der Waals surface area contributed by atoms with Crippen LogP contribution in [0.4, 0.5) is 13.2 Å². The number of fused-ring (bicyclic) bond motifs is 1. The largest absolute Gasteiger partial charge is 0.206 e.